The zero-order valence-corrected chi connectivity index (χ0v) is 19.5. The first-order valence-corrected chi connectivity index (χ1v) is 11.9. The first kappa shape index (κ1) is 22.6. The number of piperidine rings is 1. The Kier molecular flexibility index (Phi) is 6.71. The standard InChI is InChI=1S/C24H29FN4O2S/c1-14-16(3)32-24-20(14)23(31)27-21(28-24)15(2)29-12-9-18(10-13-29)22(30)26-11-8-17-6-4-5-7-19(17)25/h4-7,15,18H,8-13H2,1-3H3,(H,26,30)(H,27,28,31). The molecule has 1 amide bonds. The summed E-state index contributed by atoms with van der Waals surface area (Å²) in [7, 11) is 0. The van der Waals surface area contributed by atoms with E-state index in [0.717, 1.165) is 41.2 Å². The van der Waals surface area contributed by atoms with E-state index in [1.54, 1.807) is 29.5 Å². The van der Waals surface area contributed by atoms with Crippen LogP contribution in [0, 0.1) is 25.6 Å². The number of nitrogens with zero attached hydrogens (tertiary/aromatic N) is 2. The summed E-state index contributed by atoms with van der Waals surface area (Å²) in [5.74, 6) is 0.431. The number of aromatic nitrogens is 2. The molecule has 0 spiro atoms. The van der Waals surface area contributed by atoms with E-state index in [1.165, 1.54) is 6.07 Å². The number of halogens is 1. The van der Waals surface area contributed by atoms with Crippen molar-refractivity contribution in [3.8, 4) is 0 Å². The van der Waals surface area contributed by atoms with E-state index < -0.39 is 0 Å². The average molecular weight is 457 g/mol. The van der Waals surface area contributed by atoms with E-state index in [2.05, 4.69) is 15.2 Å². The van der Waals surface area contributed by atoms with Crippen molar-refractivity contribution in [2.24, 2.45) is 5.92 Å². The molecule has 32 heavy (non-hydrogen) atoms. The number of nitrogens with one attached hydrogen (secondary N) is 2. The molecule has 0 saturated carbocycles. The molecule has 0 bridgehead atoms. The normalized spacial score (nSPS) is 16.4. The minimum absolute atomic E-state index is 0.0279. The van der Waals surface area contributed by atoms with E-state index in [1.807, 2.05) is 20.8 Å². The van der Waals surface area contributed by atoms with Crippen molar-refractivity contribution in [2.45, 2.75) is 46.1 Å². The Hall–Kier alpha value is -2.58. The van der Waals surface area contributed by atoms with Gasteiger partial charge in [0.05, 0.1) is 11.4 Å². The highest BCUT2D eigenvalue weighted by Crippen LogP contribution is 2.29. The number of fused-ring (bicyclic) bond motifs is 1. The predicted octanol–water partition coefficient (Wildman–Crippen LogP) is 3.87. The molecule has 8 heteroatoms. The van der Waals surface area contributed by atoms with Gasteiger partial charge >= 0.3 is 0 Å². The Bertz CT molecular complexity index is 1180. The molecule has 4 rings (SSSR count). The maximum Gasteiger partial charge on any atom is 0.259 e. The highest BCUT2D eigenvalue weighted by atomic mass is 32.1. The van der Waals surface area contributed by atoms with Crippen LogP contribution in [0.4, 0.5) is 4.39 Å². The molecular formula is C24H29FN4O2S. The zero-order chi connectivity index (χ0) is 22.8. The summed E-state index contributed by atoms with van der Waals surface area (Å²) >= 11 is 1.56. The van der Waals surface area contributed by atoms with Gasteiger partial charge in [0.1, 0.15) is 16.5 Å². The Morgan fingerprint density at radius 1 is 1.31 bits per heavy atom. The minimum atomic E-state index is -0.234. The lowest BCUT2D eigenvalue weighted by molar-refractivity contribution is -0.126. The van der Waals surface area contributed by atoms with Crippen molar-refractivity contribution in [2.75, 3.05) is 19.6 Å². The molecule has 0 radical (unpaired) electrons. The number of amides is 1. The number of aryl methyl sites for hydroxylation is 2. The molecule has 2 aromatic heterocycles. The zero-order valence-electron chi connectivity index (χ0n) is 18.7. The number of rotatable bonds is 6. The second kappa shape index (κ2) is 9.50. The monoisotopic (exact) mass is 456 g/mol. The first-order valence-electron chi connectivity index (χ1n) is 11.1. The predicted molar refractivity (Wildman–Crippen MR) is 126 cm³/mol. The number of benzene rings is 1. The van der Waals surface area contributed by atoms with Crippen LogP contribution in [-0.4, -0.2) is 40.4 Å². The lowest BCUT2D eigenvalue weighted by atomic mass is 9.94. The largest absolute Gasteiger partial charge is 0.356 e. The van der Waals surface area contributed by atoms with Gasteiger partial charge in [-0.25, -0.2) is 9.37 Å². The Balaban J connectivity index is 1.32. The Morgan fingerprint density at radius 3 is 2.75 bits per heavy atom. The molecule has 3 aromatic rings. The third-order valence-corrected chi connectivity index (χ3v) is 7.65. The number of hydrogen-bond acceptors (Lipinski definition) is 5. The average Bonchev–Trinajstić information content (AvgIpc) is 3.08. The van der Waals surface area contributed by atoms with Crippen LogP contribution in [0.5, 0.6) is 0 Å². The van der Waals surface area contributed by atoms with Crippen LogP contribution in [0.25, 0.3) is 10.2 Å². The fourth-order valence-electron chi connectivity index (χ4n) is 4.36. The van der Waals surface area contributed by atoms with E-state index in [-0.39, 0.29) is 29.2 Å². The third-order valence-electron chi connectivity index (χ3n) is 6.55. The molecule has 0 aliphatic carbocycles. The summed E-state index contributed by atoms with van der Waals surface area (Å²) in [6, 6.07) is 6.63. The molecular weight excluding hydrogens is 427 g/mol. The van der Waals surface area contributed by atoms with Gasteiger partial charge < -0.3 is 10.3 Å². The lowest BCUT2D eigenvalue weighted by Gasteiger charge is -2.35. The summed E-state index contributed by atoms with van der Waals surface area (Å²) in [6.45, 7) is 7.97. The molecule has 1 saturated heterocycles. The van der Waals surface area contributed by atoms with Crippen molar-refractivity contribution in [3.63, 3.8) is 0 Å². The molecule has 1 unspecified atom stereocenters. The summed E-state index contributed by atoms with van der Waals surface area (Å²) in [5, 5.41) is 3.65. The van der Waals surface area contributed by atoms with E-state index >= 15 is 0 Å². The molecule has 170 valence electrons. The number of thiophene rings is 1. The third kappa shape index (κ3) is 4.61. The topological polar surface area (TPSA) is 78.1 Å². The molecule has 1 aliphatic heterocycles. The summed E-state index contributed by atoms with van der Waals surface area (Å²) in [4.78, 5) is 37.0. The van der Waals surface area contributed by atoms with Crippen LogP contribution >= 0.6 is 11.3 Å². The number of carbonyl (C=O) groups is 1. The Labute approximate surface area is 190 Å². The van der Waals surface area contributed by atoms with Crippen LogP contribution in [0.15, 0.2) is 29.1 Å². The van der Waals surface area contributed by atoms with Crippen LogP contribution in [0.2, 0.25) is 0 Å². The van der Waals surface area contributed by atoms with Crippen molar-refractivity contribution in [1.29, 1.82) is 0 Å². The number of H-pyrrole nitrogens is 1. The van der Waals surface area contributed by atoms with Gasteiger partial charge in [-0.05, 0) is 70.3 Å². The lowest BCUT2D eigenvalue weighted by Crippen LogP contribution is -2.42. The number of likely N-dealkylation sites (tertiary alicyclic amines) is 1. The maximum absolute atomic E-state index is 13.7. The minimum Gasteiger partial charge on any atom is -0.356 e. The van der Waals surface area contributed by atoms with Crippen molar-refractivity contribution in [1.82, 2.24) is 20.2 Å². The van der Waals surface area contributed by atoms with Gasteiger partial charge in [-0.1, -0.05) is 18.2 Å². The number of hydrogen-bond donors (Lipinski definition) is 2. The summed E-state index contributed by atoms with van der Waals surface area (Å²) in [5.41, 5.74) is 1.54. The van der Waals surface area contributed by atoms with Gasteiger partial charge in [-0.2, -0.15) is 0 Å². The summed E-state index contributed by atoms with van der Waals surface area (Å²) < 4.78 is 13.7. The molecule has 1 fully saturated rings. The molecule has 2 N–H and O–H groups in total. The molecule has 1 aliphatic rings. The fourth-order valence-corrected chi connectivity index (χ4v) is 5.39. The van der Waals surface area contributed by atoms with Gasteiger partial charge in [0.2, 0.25) is 5.91 Å². The van der Waals surface area contributed by atoms with E-state index in [4.69, 9.17) is 4.98 Å². The van der Waals surface area contributed by atoms with Crippen molar-refractivity contribution in [3.05, 3.63) is 62.3 Å². The van der Waals surface area contributed by atoms with E-state index in [9.17, 15) is 14.0 Å². The molecule has 3 heterocycles. The number of aromatic amines is 1. The van der Waals surface area contributed by atoms with Crippen LogP contribution in [0.3, 0.4) is 0 Å². The Morgan fingerprint density at radius 2 is 2.03 bits per heavy atom. The second-order valence-corrected chi connectivity index (χ2v) is 9.74. The second-order valence-electron chi connectivity index (χ2n) is 8.53. The SMILES string of the molecule is Cc1sc2nc(C(C)N3CCC(C(=O)NCCc4ccccc4F)CC3)[nH]c(=O)c2c1C. The number of carbonyl (C=O) groups excluding carboxylic acids is 1. The van der Waals surface area contributed by atoms with Gasteiger partial charge in [0.15, 0.2) is 0 Å². The van der Waals surface area contributed by atoms with E-state index in [0.29, 0.717) is 29.7 Å². The quantitative estimate of drug-likeness (QED) is 0.590. The first-order chi connectivity index (χ1) is 15.3. The van der Waals surface area contributed by atoms with Crippen LogP contribution in [-0.2, 0) is 11.2 Å². The molecule has 1 atom stereocenters. The maximum atomic E-state index is 13.7. The molecule has 1 aromatic carbocycles. The highest BCUT2D eigenvalue weighted by Gasteiger charge is 2.29. The van der Waals surface area contributed by atoms with Gasteiger partial charge in [0.25, 0.3) is 5.56 Å². The summed E-state index contributed by atoms with van der Waals surface area (Å²) in [6.07, 6.45) is 1.98. The highest BCUT2D eigenvalue weighted by molar-refractivity contribution is 7.18. The fraction of sp³-hybridized carbons (Fsp3) is 0.458. The molecule has 6 nitrogen and oxygen atoms in total. The van der Waals surface area contributed by atoms with Gasteiger partial charge in [-0.15, -0.1) is 11.3 Å². The van der Waals surface area contributed by atoms with Gasteiger partial charge in [0, 0.05) is 17.3 Å². The van der Waals surface area contributed by atoms with Crippen molar-refractivity contribution >= 4 is 27.5 Å². The smallest absolute Gasteiger partial charge is 0.259 e. The van der Waals surface area contributed by atoms with Crippen molar-refractivity contribution < 1.29 is 9.18 Å². The van der Waals surface area contributed by atoms with Crippen LogP contribution in [0.1, 0.15) is 47.6 Å². The van der Waals surface area contributed by atoms with Gasteiger partial charge in [-0.3, -0.25) is 14.5 Å². The van der Waals surface area contributed by atoms with Crippen LogP contribution < -0.4 is 10.9 Å².